The molecule has 2 aromatic rings. The Hall–Kier alpha value is -1.74. The van der Waals surface area contributed by atoms with Crippen molar-refractivity contribution in [2.45, 2.75) is 18.2 Å². The van der Waals surface area contributed by atoms with Gasteiger partial charge in [0.1, 0.15) is 0 Å². The Morgan fingerprint density at radius 2 is 1.81 bits per heavy atom. The lowest BCUT2D eigenvalue weighted by atomic mass is 9.99. The number of benzene rings is 2. The molecule has 2 nitrogen and oxygen atoms in total. The smallest absolute Gasteiger partial charge is 0.160 e. The molecule has 0 saturated carbocycles. The molecule has 106 valence electrons. The number of hydrogen-bond acceptors (Lipinski definition) is 3. The van der Waals surface area contributed by atoms with Gasteiger partial charge in [0.15, 0.2) is 5.17 Å². The van der Waals surface area contributed by atoms with Crippen LogP contribution >= 0.6 is 11.8 Å². The molecule has 21 heavy (non-hydrogen) atoms. The van der Waals surface area contributed by atoms with Gasteiger partial charge in [-0.2, -0.15) is 0 Å². The van der Waals surface area contributed by atoms with Gasteiger partial charge in [0, 0.05) is 19.6 Å². The first kappa shape index (κ1) is 13.0. The quantitative estimate of drug-likeness (QED) is 0.787. The van der Waals surface area contributed by atoms with Crippen LogP contribution in [0.15, 0.2) is 59.6 Å². The van der Waals surface area contributed by atoms with Crippen LogP contribution in [0.25, 0.3) is 0 Å². The molecule has 0 radical (unpaired) electrons. The SMILES string of the molecule is c1ccc([C@@H]2SC3=NCCCN3Cc3ccccc32)cc1. The second-order valence-electron chi connectivity index (χ2n) is 5.55. The maximum atomic E-state index is 4.78. The van der Waals surface area contributed by atoms with Crippen molar-refractivity contribution in [2.75, 3.05) is 13.1 Å². The summed E-state index contributed by atoms with van der Waals surface area (Å²) in [7, 11) is 0. The Kier molecular flexibility index (Phi) is 3.44. The van der Waals surface area contributed by atoms with E-state index in [-0.39, 0.29) is 0 Å². The van der Waals surface area contributed by atoms with E-state index in [1.165, 1.54) is 28.3 Å². The minimum absolute atomic E-state index is 0.351. The highest BCUT2D eigenvalue weighted by atomic mass is 32.2. The third kappa shape index (κ3) is 2.46. The maximum absolute atomic E-state index is 4.78. The average molecular weight is 294 g/mol. The van der Waals surface area contributed by atoms with Crippen LogP contribution in [0, 0.1) is 0 Å². The van der Waals surface area contributed by atoms with Crippen LogP contribution in [0.2, 0.25) is 0 Å². The van der Waals surface area contributed by atoms with Crippen molar-refractivity contribution in [1.29, 1.82) is 0 Å². The second-order valence-corrected chi connectivity index (χ2v) is 6.62. The summed E-state index contributed by atoms with van der Waals surface area (Å²) in [5, 5.41) is 1.57. The molecule has 0 aliphatic carbocycles. The van der Waals surface area contributed by atoms with Crippen LogP contribution < -0.4 is 0 Å². The molecule has 0 saturated heterocycles. The van der Waals surface area contributed by atoms with Gasteiger partial charge >= 0.3 is 0 Å². The first-order chi connectivity index (χ1) is 10.4. The van der Waals surface area contributed by atoms with Gasteiger partial charge in [-0.05, 0) is 23.1 Å². The monoisotopic (exact) mass is 294 g/mol. The third-order valence-corrected chi connectivity index (χ3v) is 5.49. The molecule has 0 fully saturated rings. The minimum atomic E-state index is 0.351. The highest BCUT2D eigenvalue weighted by Crippen LogP contribution is 2.42. The number of thioether (sulfide) groups is 1. The largest absolute Gasteiger partial charge is 0.347 e. The Labute approximate surface area is 129 Å². The maximum Gasteiger partial charge on any atom is 0.160 e. The molecule has 0 amide bonds. The lowest BCUT2D eigenvalue weighted by Gasteiger charge is -2.27. The van der Waals surface area contributed by atoms with Crippen molar-refractivity contribution < 1.29 is 0 Å². The van der Waals surface area contributed by atoms with E-state index in [4.69, 9.17) is 4.99 Å². The van der Waals surface area contributed by atoms with Crippen LogP contribution in [0.1, 0.15) is 28.4 Å². The molecule has 1 atom stereocenters. The van der Waals surface area contributed by atoms with Crippen molar-refractivity contribution in [3.8, 4) is 0 Å². The molecule has 3 heteroatoms. The van der Waals surface area contributed by atoms with Gasteiger partial charge < -0.3 is 4.90 Å². The highest BCUT2D eigenvalue weighted by molar-refractivity contribution is 8.14. The molecule has 0 aromatic heterocycles. The molecule has 0 spiro atoms. The van der Waals surface area contributed by atoms with E-state index in [9.17, 15) is 0 Å². The Morgan fingerprint density at radius 3 is 2.71 bits per heavy atom. The van der Waals surface area contributed by atoms with Crippen LogP contribution in [-0.4, -0.2) is 23.2 Å². The van der Waals surface area contributed by atoms with E-state index in [1.54, 1.807) is 0 Å². The van der Waals surface area contributed by atoms with Gasteiger partial charge in [0.25, 0.3) is 0 Å². The van der Waals surface area contributed by atoms with Gasteiger partial charge in [0.2, 0.25) is 0 Å². The molecule has 0 bridgehead atoms. The highest BCUT2D eigenvalue weighted by Gasteiger charge is 2.28. The summed E-state index contributed by atoms with van der Waals surface area (Å²) >= 11 is 1.91. The topological polar surface area (TPSA) is 15.6 Å². The Bertz CT molecular complexity index is 666. The van der Waals surface area contributed by atoms with Gasteiger partial charge in [0.05, 0.1) is 5.25 Å². The van der Waals surface area contributed by atoms with Crippen LogP contribution in [0.5, 0.6) is 0 Å². The van der Waals surface area contributed by atoms with Gasteiger partial charge in [-0.3, -0.25) is 4.99 Å². The lowest BCUT2D eigenvalue weighted by Crippen LogP contribution is -2.32. The van der Waals surface area contributed by atoms with E-state index >= 15 is 0 Å². The predicted molar refractivity (Wildman–Crippen MR) is 89.6 cm³/mol. The van der Waals surface area contributed by atoms with Gasteiger partial charge in [-0.25, -0.2) is 0 Å². The summed E-state index contributed by atoms with van der Waals surface area (Å²) in [6.07, 6.45) is 1.17. The number of fused-ring (bicyclic) bond motifs is 2. The standard InChI is InChI=1S/C18H18N2S/c1-2-7-14(8-3-1)17-16-10-5-4-9-15(16)13-20-12-6-11-19-18(20)21-17/h1-5,7-10,17H,6,11-13H2/t17-/m0/s1. The van der Waals surface area contributed by atoms with Gasteiger partial charge in [-0.15, -0.1) is 0 Å². The number of rotatable bonds is 1. The van der Waals surface area contributed by atoms with Crippen molar-refractivity contribution in [1.82, 2.24) is 4.90 Å². The number of amidine groups is 1. The van der Waals surface area contributed by atoms with Crippen molar-refractivity contribution in [3.63, 3.8) is 0 Å². The molecular formula is C18H18N2S. The molecule has 2 aliphatic heterocycles. The lowest BCUT2D eigenvalue weighted by molar-refractivity contribution is 0.397. The Balaban J connectivity index is 1.83. The molecule has 0 unspecified atom stereocenters. The zero-order valence-electron chi connectivity index (χ0n) is 11.9. The van der Waals surface area contributed by atoms with Crippen LogP contribution in [0.3, 0.4) is 0 Å². The fraction of sp³-hybridized carbons (Fsp3) is 0.278. The fourth-order valence-corrected chi connectivity index (χ4v) is 4.41. The normalized spacial score (nSPS) is 21.0. The molecule has 2 aromatic carbocycles. The predicted octanol–water partition coefficient (Wildman–Crippen LogP) is 4.08. The zero-order chi connectivity index (χ0) is 14.1. The molecule has 2 aliphatic rings. The minimum Gasteiger partial charge on any atom is -0.347 e. The second kappa shape index (κ2) is 5.57. The van der Waals surface area contributed by atoms with Gasteiger partial charge in [-0.1, -0.05) is 66.4 Å². The fourth-order valence-electron chi connectivity index (χ4n) is 3.07. The number of nitrogens with zero attached hydrogens (tertiary/aromatic N) is 2. The summed E-state index contributed by atoms with van der Waals surface area (Å²) in [5.74, 6) is 0. The summed E-state index contributed by atoms with van der Waals surface area (Å²) in [6, 6.07) is 19.7. The molecule has 2 heterocycles. The first-order valence-electron chi connectivity index (χ1n) is 7.50. The summed E-state index contributed by atoms with van der Waals surface area (Å²) < 4.78 is 0. The zero-order valence-corrected chi connectivity index (χ0v) is 12.7. The molecule has 4 rings (SSSR count). The summed E-state index contributed by atoms with van der Waals surface area (Å²) in [6.45, 7) is 3.09. The van der Waals surface area contributed by atoms with E-state index in [1.807, 2.05) is 11.8 Å². The van der Waals surface area contributed by atoms with Crippen molar-refractivity contribution in [3.05, 3.63) is 71.3 Å². The first-order valence-corrected chi connectivity index (χ1v) is 8.38. The van der Waals surface area contributed by atoms with E-state index in [0.717, 1.165) is 19.6 Å². The third-order valence-electron chi connectivity index (χ3n) is 4.13. The number of hydrogen-bond donors (Lipinski definition) is 0. The van der Waals surface area contributed by atoms with Crippen LogP contribution in [0.4, 0.5) is 0 Å². The Morgan fingerprint density at radius 1 is 1.00 bits per heavy atom. The van der Waals surface area contributed by atoms with E-state index < -0.39 is 0 Å². The number of aliphatic imine (C=N–C) groups is 1. The van der Waals surface area contributed by atoms with Crippen molar-refractivity contribution in [2.24, 2.45) is 4.99 Å². The summed E-state index contributed by atoms with van der Waals surface area (Å²) in [5.41, 5.74) is 4.24. The van der Waals surface area contributed by atoms with E-state index in [2.05, 4.69) is 59.5 Å². The van der Waals surface area contributed by atoms with Crippen LogP contribution in [-0.2, 0) is 6.54 Å². The molecular weight excluding hydrogens is 276 g/mol. The van der Waals surface area contributed by atoms with E-state index in [0.29, 0.717) is 5.25 Å². The molecule has 0 N–H and O–H groups in total. The summed E-state index contributed by atoms with van der Waals surface area (Å²) in [4.78, 5) is 7.22. The average Bonchev–Trinajstić information content (AvgIpc) is 2.72. The van der Waals surface area contributed by atoms with Crippen molar-refractivity contribution >= 4 is 16.9 Å².